The normalized spacial score (nSPS) is 17.9. The molecule has 2 heterocycles. The molecular formula is C21H21ClFN5OS. The van der Waals surface area contributed by atoms with Crippen molar-refractivity contribution in [1.82, 2.24) is 14.9 Å². The Balaban J connectivity index is 1.68. The number of amides is 1. The van der Waals surface area contributed by atoms with Gasteiger partial charge in [0.2, 0.25) is 11.1 Å². The van der Waals surface area contributed by atoms with Crippen LogP contribution in [0.1, 0.15) is 36.3 Å². The minimum Gasteiger partial charge on any atom is -0.325 e. The minimum atomic E-state index is -0.542. The molecule has 2 aromatic carbocycles. The van der Waals surface area contributed by atoms with Crippen molar-refractivity contribution < 1.29 is 9.18 Å². The van der Waals surface area contributed by atoms with Crippen molar-refractivity contribution >= 4 is 35.0 Å². The number of hydrogen-bond donors (Lipinski definition) is 2. The molecule has 1 amide bonds. The number of halogens is 2. The lowest BCUT2D eigenvalue weighted by Gasteiger charge is -2.33. The van der Waals surface area contributed by atoms with E-state index < -0.39 is 11.3 Å². The molecule has 2 N–H and O–H groups in total. The maximum Gasteiger partial charge on any atom is 0.240 e. The molecule has 9 heteroatoms. The summed E-state index contributed by atoms with van der Waals surface area (Å²) in [6.07, 6.45) is 1.68. The molecule has 3 aromatic rings. The zero-order valence-electron chi connectivity index (χ0n) is 16.5. The predicted molar refractivity (Wildman–Crippen MR) is 117 cm³/mol. The molecule has 1 aliphatic rings. The van der Waals surface area contributed by atoms with E-state index in [2.05, 4.69) is 27.9 Å². The summed E-state index contributed by atoms with van der Waals surface area (Å²) in [5.74, 6) is 0.282. The van der Waals surface area contributed by atoms with Crippen LogP contribution >= 0.6 is 23.4 Å². The number of benzene rings is 2. The summed E-state index contributed by atoms with van der Waals surface area (Å²) in [6, 6.07) is 11.2. The Bertz CT molecular complexity index is 1070. The molecule has 0 unspecified atom stereocenters. The number of nitrogens with zero attached hydrogens (tertiary/aromatic N) is 3. The van der Waals surface area contributed by atoms with E-state index in [0.29, 0.717) is 15.9 Å². The molecule has 0 spiro atoms. The third-order valence-electron chi connectivity index (χ3n) is 4.99. The van der Waals surface area contributed by atoms with Gasteiger partial charge in [0.25, 0.3) is 0 Å². The molecule has 4 rings (SSSR count). The first-order valence-corrected chi connectivity index (χ1v) is 10.9. The van der Waals surface area contributed by atoms with E-state index in [1.807, 2.05) is 17.7 Å². The quantitative estimate of drug-likeness (QED) is 0.594. The maximum atomic E-state index is 13.5. The fourth-order valence-corrected chi connectivity index (χ4v) is 4.62. The minimum absolute atomic E-state index is 0.196. The Hall–Kier alpha value is -2.58. The topological polar surface area (TPSA) is 71.8 Å². The summed E-state index contributed by atoms with van der Waals surface area (Å²) < 4.78 is 15.3. The summed E-state index contributed by atoms with van der Waals surface area (Å²) in [4.78, 5) is 13.3. The van der Waals surface area contributed by atoms with Crippen LogP contribution in [0.2, 0.25) is 5.02 Å². The van der Waals surface area contributed by atoms with Gasteiger partial charge in [0.15, 0.2) is 5.82 Å². The zero-order valence-corrected chi connectivity index (χ0v) is 18.1. The van der Waals surface area contributed by atoms with Gasteiger partial charge < -0.3 is 10.7 Å². The van der Waals surface area contributed by atoms with Crippen molar-refractivity contribution in [3.05, 3.63) is 70.3 Å². The fourth-order valence-electron chi connectivity index (χ4n) is 3.35. The monoisotopic (exact) mass is 445 g/mol. The van der Waals surface area contributed by atoms with Crippen LogP contribution in [0.25, 0.3) is 0 Å². The summed E-state index contributed by atoms with van der Waals surface area (Å²) >= 11 is 7.53. The lowest BCUT2D eigenvalue weighted by molar-refractivity contribution is -0.116. The second-order valence-electron chi connectivity index (χ2n) is 7.08. The van der Waals surface area contributed by atoms with E-state index in [1.165, 1.54) is 23.9 Å². The van der Waals surface area contributed by atoms with Crippen LogP contribution in [0.3, 0.4) is 0 Å². The lowest BCUT2D eigenvalue weighted by Crippen LogP contribution is -2.41. The average Bonchev–Trinajstić information content (AvgIpc) is 3.13. The van der Waals surface area contributed by atoms with Gasteiger partial charge in [0.1, 0.15) is 11.1 Å². The molecule has 6 nitrogen and oxygen atoms in total. The Morgan fingerprint density at radius 1 is 1.27 bits per heavy atom. The van der Waals surface area contributed by atoms with E-state index >= 15 is 0 Å². The smallest absolute Gasteiger partial charge is 0.240 e. The predicted octanol–water partition coefficient (Wildman–Crippen LogP) is 4.73. The van der Waals surface area contributed by atoms with Crippen LogP contribution in [0.4, 0.5) is 10.1 Å². The van der Waals surface area contributed by atoms with E-state index in [9.17, 15) is 9.18 Å². The van der Waals surface area contributed by atoms with Crippen molar-refractivity contribution in [3.63, 3.8) is 0 Å². The number of aromatic nitrogens is 3. The highest BCUT2D eigenvalue weighted by molar-refractivity contribution is 8.00. The van der Waals surface area contributed by atoms with Gasteiger partial charge in [-0.15, -0.1) is 10.2 Å². The Morgan fingerprint density at radius 2 is 2.03 bits per heavy atom. The number of fused-ring (bicyclic) bond motifs is 1. The summed E-state index contributed by atoms with van der Waals surface area (Å²) in [6.45, 7) is 3.92. The lowest BCUT2D eigenvalue weighted by atomic mass is 10.0. The number of carbonyl (C=O) groups is 1. The Kier molecular flexibility index (Phi) is 5.97. The Labute approximate surface area is 183 Å². The number of rotatable bonds is 5. The number of carbonyl (C=O) groups excluding carboxylic acids is 1. The standard InChI is InChI=1S/C21H21ClFN5OS/c1-3-5-17-25-26-21-28(17)27-18(13-8-10-14(23)11-9-13)19(30-21)20(29)24-16-7-4-6-15(22)12(16)2/h4,6-11,18-19,27H,3,5H2,1-2H3,(H,24,29)/t18-,19+/m0/s1. The molecular weight excluding hydrogens is 425 g/mol. The van der Waals surface area contributed by atoms with Crippen LogP contribution in [0.5, 0.6) is 0 Å². The highest BCUT2D eigenvalue weighted by Gasteiger charge is 2.38. The van der Waals surface area contributed by atoms with Gasteiger partial charge in [0, 0.05) is 17.1 Å². The molecule has 0 saturated carbocycles. The van der Waals surface area contributed by atoms with Gasteiger partial charge >= 0.3 is 0 Å². The zero-order chi connectivity index (χ0) is 21.3. The van der Waals surface area contributed by atoms with Gasteiger partial charge in [-0.3, -0.25) is 4.79 Å². The van der Waals surface area contributed by atoms with Crippen molar-refractivity contribution in [1.29, 1.82) is 0 Å². The number of nitrogens with one attached hydrogen (secondary N) is 2. The highest BCUT2D eigenvalue weighted by atomic mass is 35.5. The molecule has 0 fully saturated rings. The van der Waals surface area contributed by atoms with Gasteiger partial charge in [-0.05, 0) is 48.7 Å². The molecule has 1 aromatic heterocycles. The second kappa shape index (κ2) is 8.65. The van der Waals surface area contributed by atoms with E-state index in [4.69, 9.17) is 11.6 Å². The van der Waals surface area contributed by atoms with Crippen LogP contribution in [-0.2, 0) is 11.2 Å². The van der Waals surface area contributed by atoms with E-state index in [1.54, 1.807) is 24.3 Å². The highest BCUT2D eigenvalue weighted by Crippen LogP contribution is 2.38. The van der Waals surface area contributed by atoms with Crippen LogP contribution in [-0.4, -0.2) is 26.0 Å². The largest absolute Gasteiger partial charge is 0.325 e. The van der Waals surface area contributed by atoms with Gasteiger partial charge in [-0.25, -0.2) is 9.07 Å². The van der Waals surface area contributed by atoms with Crippen molar-refractivity contribution in [2.24, 2.45) is 0 Å². The third-order valence-corrected chi connectivity index (χ3v) is 6.62. The first-order chi connectivity index (χ1) is 14.5. The summed E-state index contributed by atoms with van der Waals surface area (Å²) in [5, 5.41) is 12.1. The van der Waals surface area contributed by atoms with Crippen LogP contribution in [0, 0.1) is 12.7 Å². The van der Waals surface area contributed by atoms with Crippen molar-refractivity contribution in [3.8, 4) is 0 Å². The van der Waals surface area contributed by atoms with Gasteiger partial charge in [-0.2, -0.15) is 0 Å². The van der Waals surface area contributed by atoms with Gasteiger partial charge in [0.05, 0.1) is 6.04 Å². The van der Waals surface area contributed by atoms with E-state index in [-0.39, 0.29) is 11.7 Å². The number of aryl methyl sites for hydroxylation is 1. The number of anilines is 1. The first kappa shape index (κ1) is 20.7. The van der Waals surface area contributed by atoms with Crippen LogP contribution in [0.15, 0.2) is 47.6 Å². The first-order valence-electron chi connectivity index (χ1n) is 9.67. The van der Waals surface area contributed by atoms with Crippen molar-refractivity contribution in [2.45, 2.75) is 43.1 Å². The summed E-state index contributed by atoms with van der Waals surface area (Å²) in [5.41, 5.74) is 5.63. The van der Waals surface area contributed by atoms with E-state index in [0.717, 1.165) is 29.8 Å². The molecule has 0 aliphatic carbocycles. The fraction of sp³-hybridized carbons (Fsp3) is 0.286. The van der Waals surface area contributed by atoms with Gasteiger partial charge in [-0.1, -0.05) is 48.5 Å². The molecule has 0 radical (unpaired) electrons. The molecule has 0 saturated heterocycles. The molecule has 156 valence electrons. The molecule has 0 bridgehead atoms. The average molecular weight is 446 g/mol. The SMILES string of the molecule is CCCc1nnc2n1N[C@@H](c1ccc(F)cc1)[C@H](C(=O)Nc1cccc(Cl)c1C)S2. The third kappa shape index (κ3) is 4.02. The molecule has 30 heavy (non-hydrogen) atoms. The summed E-state index contributed by atoms with van der Waals surface area (Å²) in [7, 11) is 0. The molecule has 2 atom stereocenters. The Morgan fingerprint density at radius 3 is 2.77 bits per heavy atom. The maximum absolute atomic E-state index is 13.5. The molecule has 1 aliphatic heterocycles. The van der Waals surface area contributed by atoms with Crippen molar-refractivity contribution in [2.75, 3.05) is 10.7 Å². The number of hydrogen-bond acceptors (Lipinski definition) is 5. The second-order valence-corrected chi connectivity index (χ2v) is 8.60. The van der Waals surface area contributed by atoms with Crippen LogP contribution < -0.4 is 10.7 Å². The number of thioether (sulfide) groups is 1.